The van der Waals surface area contributed by atoms with Gasteiger partial charge in [0.15, 0.2) is 0 Å². The molecule has 0 radical (unpaired) electrons. The van der Waals surface area contributed by atoms with Gasteiger partial charge in [-0.15, -0.1) is 0 Å². The van der Waals surface area contributed by atoms with Gasteiger partial charge in [-0.3, -0.25) is 14.9 Å². The molecular weight excluding hydrogens is 300 g/mol. The second-order valence-electron chi connectivity index (χ2n) is 4.57. The molecule has 2 aromatic rings. The number of allylic oxidation sites excluding steroid dienone is 1. The van der Waals surface area contributed by atoms with Crippen LogP contribution >= 0.6 is 11.8 Å². The van der Waals surface area contributed by atoms with E-state index in [9.17, 15) is 9.59 Å². The first-order valence-electron chi connectivity index (χ1n) is 6.48. The fourth-order valence-corrected chi connectivity index (χ4v) is 2.66. The van der Waals surface area contributed by atoms with Crippen LogP contribution in [0.5, 0.6) is 0 Å². The van der Waals surface area contributed by atoms with E-state index in [0.29, 0.717) is 28.4 Å². The number of rotatable bonds is 3. The molecule has 3 rings (SSSR count). The molecule has 1 N–H and O–H groups in total. The van der Waals surface area contributed by atoms with E-state index in [2.05, 4.69) is 11.4 Å². The monoisotopic (exact) mass is 310 g/mol. The molecule has 0 unspecified atom stereocenters. The molecule has 1 saturated heterocycles. The summed E-state index contributed by atoms with van der Waals surface area (Å²) in [5.41, 5.74) is 1.47. The van der Waals surface area contributed by atoms with Crippen LogP contribution in [0.1, 0.15) is 11.3 Å². The number of carbonyl (C=O) groups excluding carboxylic acids is 2. The Kier molecular flexibility index (Phi) is 3.81. The summed E-state index contributed by atoms with van der Waals surface area (Å²) in [7, 11) is 0. The first-order valence-corrected chi connectivity index (χ1v) is 7.30. The summed E-state index contributed by atoms with van der Waals surface area (Å²) < 4.78 is 5.71. The van der Waals surface area contributed by atoms with Gasteiger partial charge >= 0.3 is 0 Å². The highest BCUT2D eigenvalue weighted by Crippen LogP contribution is 2.26. The normalized spacial score (nSPS) is 15.9. The quantitative estimate of drug-likeness (QED) is 0.880. The van der Waals surface area contributed by atoms with Crippen molar-refractivity contribution < 1.29 is 14.0 Å². The zero-order valence-electron chi connectivity index (χ0n) is 11.3. The predicted molar refractivity (Wildman–Crippen MR) is 81.8 cm³/mol. The van der Waals surface area contributed by atoms with Gasteiger partial charge in [-0.25, -0.2) is 0 Å². The van der Waals surface area contributed by atoms with Gasteiger partial charge in [0.25, 0.3) is 11.1 Å². The summed E-state index contributed by atoms with van der Waals surface area (Å²) in [4.78, 5) is 22.9. The molecule has 1 aliphatic rings. The average Bonchev–Trinajstić information content (AvgIpc) is 3.12. The van der Waals surface area contributed by atoms with Gasteiger partial charge in [-0.2, -0.15) is 5.26 Å². The second-order valence-corrected chi connectivity index (χ2v) is 5.59. The Labute approximate surface area is 130 Å². The number of imide groups is 1. The lowest BCUT2D eigenvalue weighted by Gasteiger charge is -1.97. The van der Waals surface area contributed by atoms with E-state index in [4.69, 9.17) is 9.68 Å². The second kappa shape index (κ2) is 5.92. The molecule has 6 heteroatoms. The topological polar surface area (TPSA) is 83.1 Å². The maximum Gasteiger partial charge on any atom is 0.290 e. The number of furan rings is 1. The van der Waals surface area contributed by atoms with Crippen LogP contribution in [0, 0.1) is 11.3 Å². The third-order valence-corrected chi connectivity index (χ3v) is 3.95. The van der Waals surface area contributed by atoms with Crippen LogP contribution in [0.4, 0.5) is 4.79 Å². The van der Waals surface area contributed by atoms with Gasteiger partial charge in [0, 0.05) is 12.0 Å². The van der Waals surface area contributed by atoms with Crippen molar-refractivity contribution in [2.75, 3.05) is 0 Å². The molecule has 5 nitrogen and oxygen atoms in total. The first kappa shape index (κ1) is 14.2. The summed E-state index contributed by atoms with van der Waals surface area (Å²) in [6.07, 6.45) is 2.10. The van der Waals surface area contributed by atoms with Crippen molar-refractivity contribution >= 4 is 22.9 Å². The van der Waals surface area contributed by atoms with Gasteiger partial charge in [0.05, 0.1) is 16.5 Å². The summed E-state index contributed by atoms with van der Waals surface area (Å²) in [5.74, 6) is 1.02. The maximum atomic E-state index is 11.4. The number of hydrogen-bond acceptors (Lipinski definition) is 5. The third kappa shape index (κ3) is 2.95. The Hall–Kier alpha value is -2.78. The minimum absolute atomic E-state index is 0.353. The van der Waals surface area contributed by atoms with Crippen molar-refractivity contribution in [3.05, 3.63) is 58.7 Å². The van der Waals surface area contributed by atoms with Crippen LogP contribution < -0.4 is 5.32 Å². The average molecular weight is 310 g/mol. The summed E-state index contributed by atoms with van der Waals surface area (Å²) in [6.45, 7) is 0. The van der Waals surface area contributed by atoms with Crippen molar-refractivity contribution in [3.63, 3.8) is 0 Å². The number of benzene rings is 1. The van der Waals surface area contributed by atoms with Crippen molar-refractivity contribution in [2.24, 2.45) is 0 Å². The van der Waals surface area contributed by atoms with Crippen LogP contribution in [0.25, 0.3) is 11.3 Å². The molecule has 2 heterocycles. The molecule has 0 aliphatic carbocycles. The first-order chi connectivity index (χ1) is 10.7. The summed E-state index contributed by atoms with van der Waals surface area (Å²) in [6, 6.07) is 12.8. The van der Waals surface area contributed by atoms with Crippen molar-refractivity contribution in [1.29, 1.82) is 5.26 Å². The van der Waals surface area contributed by atoms with Crippen LogP contribution in [0.2, 0.25) is 0 Å². The van der Waals surface area contributed by atoms with E-state index < -0.39 is 0 Å². The third-order valence-electron chi connectivity index (χ3n) is 3.09. The molecule has 1 fully saturated rings. The fraction of sp³-hybridized carbons (Fsp3) is 0.0625. The minimum Gasteiger partial charge on any atom is -0.461 e. The lowest BCUT2D eigenvalue weighted by Crippen LogP contribution is -2.17. The molecule has 1 aliphatic heterocycles. The number of nitriles is 1. The molecule has 1 aromatic heterocycles. The molecule has 0 spiro atoms. The Morgan fingerprint density at radius 3 is 2.59 bits per heavy atom. The molecule has 2 amide bonds. The predicted octanol–water partition coefficient (Wildman–Crippen LogP) is 3.23. The number of hydrogen-bond donors (Lipinski definition) is 1. The molecule has 108 valence electrons. The van der Waals surface area contributed by atoms with E-state index in [-0.39, 0.29) is 11.1 Å². The van der Waals surface area contributed by atoms with Crippen molar-refractivity contribution in [2.45, 2.75) is 6.42 Å². The van der Waals surface area contributed by atoms with Crippen LogP contribution in [-0.2, 0) is 11.2 Å². The number of carbonyl (C=O) groups is 2. The van der Waals surface area contributed by atoms with Crippen molar-refractivity contribution in [1.82, 2.24) is 5.32 Å². The van der Waals surface area contributed by atoms with Crippen LogP contribution in [0.3, 0.4) is 0 Å². The Morgan fingerprint density at radius 1 is 1.18 bits per heavy atom. The van der Waals surface area contributed by atoms with E-state index in [1.165, 1.54) is 0 Å². The van der Waals surface area contributed by atoms with Crippen LogP contribution in [-0.4, -0.2) is 11.1 Å². The lowest BCUT2D eigenvalue weighted by molar-refractivity contribution is -0.115. The van der Waals surface area contributed by atoms with Crippen LogP contribution in [0.15, 0.2) is 51.8 Å². The molecule has 22 heavy (non-hydrogen) atoms. The zero-order chi connectivity index (χ0) is 15.5. The molecule has 0 bridgehead atoms. The fourth-order valence-electron chi connectivity index (χ4n) is 2.01. The highest BCUT2D eigenvalue weighted by molar-refractivity contribution is 8.18. The Bertz CT molecular complexity index is 813. The number of amides is 2. The van der Waals surface area contributed by atoms with Gasteiger partial charge in [-0.05, 0) is 48.2 Å². The van der Waals surface area contributed by atoms with Gasteiger partial charge in [0.1, 0.15) is 11.5 Å². The van der Waals surface area contributed by atoms with E-state index >= 15 is 0 Å². The molecule has 0 saturated carbocycles. The number of nitrogens with zero attached hydrogens (tertiary/aromatic N) is 1. The Balaban J connectivity index is 1.74. The zero-order valence-corrected chi connectivity index (χ0v) is 12.1. The minimum atomic E-state index is -0.367. The van der Waals surface area contributed by atoms with E-state index in [0.717, 1.165) is 17.3 Å². The van der Waals surface area contributed by atoms with E-state index in [1.807, 2.05) is 24.3 Å². The highest BCUT2D eigenvalue weighted by atomic mass is 32.2. The molecule has 0 atom stereocenters. The highest BCUT2D eigenvalue weighted by Gasteiger charge is 2.24. The van der Waals surface area contributed by atoms with Gasteiger partial charge in [-0.1, -0.05) is 6.08 Å². The number of thioether (sulfide) groups is 1. The van der Waals surface area contributed by atoms with Crippen molar-refractivity contribution in [3.8, 4) is 17.4 Å². The largest absolute Gasteiger partial charge is 0.461 e. The smallest absolute Gasteiger partial charge is 0.290 e. The Morgan fingerprint density at radius 2 is 1.95 bits per heavy atom. The summed E-state index contributed by atoms with van der Waals surface area (Å²) >= 11 is 0.889. The SMILES string of the molecule is N#Cc1ccc(-c2ccc(C/C=C3\SC(=O)NC3=O)o2)cc1. The summed E-state index contributed by atoms with van der Waals surface area (Å²) in [5, 5.41) is 10.6. The molecular formula is C16H10N2O3S. The standard InChI is InChI=1S/C16H10N2O3S/c17-9-10-1-3-11(4-2-10)13-7-5-12(21-13)6-8-14-15(19)18-16(20)22-14/h1-5,7-8H,6H2,(H,18,19,20)/b14-8-. The molecule has 1 aromatic carbocycles. The maximum absolute atomic E-state index is 11.4. The lowest BCUT2D eigenvalue weighted by atomic mass is 10.1. The van der Waals surface area contributed by atoms with Gasteiger partial charge in [0.2, 0.25) is 0 Å². The van der Waals surface area contributed by atoms with Gasteiger partial charge < -0.3 is 4.42 Å². The van der Waals surface area contributed by atoms with E-state index in [1.54, 1.807) is 18.2 Å². The number of nitrogens with one attached hydrogen (secondary N) is 1.